The Morgan fingerprint density at radius 3 is 2.33 bits per heavy atom. The fraction of sp³-hybridized carbons (Fsp3) is 0.500. The van der Waals surface area contributed by atoms with Gasteiger partial charge in [-0.15, -0.1) is 0 Å². The van der Waals surface area contributed by atoms with E-state index < -0.39 is 11.7 Å². The van der Waals surface area contributed by atoms with E-state index in [1.807, 2.05) is 13.8 Å². The molecule has 1 aromatic carbocycles. The molecule has 0 amide bonds. The minimum Gasteiger partial charge on any atom is -0.166 e. The lowest BCUT2D eigenvalue weighted by molar-refractivity contribution is -0.138. The van der Waals surface area contributed by atoms with Gasteiger partial charge in [-0.1, -0.05) is 26.0 Å². The van der Waals surface area contributed by atoms with E-state index in [4.69, 9.17) is 0 Å². The zero-order valence-electron chi connectivity index (χ0n) is 9.15. The summed E-state index contributed by atoms with van der Waals surface area (Å²) in [5.74, 6) is 0.173. The maximum absolute atomic E-state index is 12.6. The van der Waals surface area contributed by atoms with Crippen LogP contribution in [0.3, 0.4) is 0 Å². The van der Waals surface area contributed by atoms with Gasteiger partial charge in [-0.3, -0.25) is 0 Å². The molecule has 0 saturated carbocycles. The van der Waals surface area contributed by atoms with Crippen LogP contribution in [0.5, 0.6) is 0 Å². The van der Waals surface area contributed by atoms with E-state index in [0.717, 1.165) is 18.1 Å². The zero-order chi connectivity index (χ0) is 11.6. The normalized spacial score (nSPS) is 14.0. The van der Waals surface area contributed by atoms with Gasteiger partial charge >= 0.3 is 6.18 Å². The topological polar surface area (TPSA) is 0 Å². The molecule has 15 heavy (non-hydrogen) atoms. The standard InChI is InChI=1S/C12H15F3/c1-4-8(2)10-6-5-7-11(9(10)3)12(13,14)15/h5-8H,4H2,1-3H3. The van der Waals surface area contributed by atoms with Crippen LogP contribution in [0.1, 0.15) is 42.9 Å². The Balaban J connectivity index is 3.23. The van der Waals surface area contributed by atoms with Crippen molar-refractivity contribution in [3.05, 3.63) is 34.9 Å². The number of hydrogen-bond acceptors (Lipinski definition) is 0. The summed E-state index contributed by atoms with van der Waals surface area (Å²) in [7, 11) is 0. The third kappa shape index (κ3) is 2.52. The van der Waals surface area contributed by atoms with Crippen LogP contribution in [0.15, 0.2) is 18.2 Å². The minimum atomic E-state index is -4.24. The molecule has 0 nitrogen and oxygen atoms in total. The molecule has 0 fully saturated rings. The fourth-order valence-electron chi connectivity index (χ4n) is 1.71. The largest absolute Gasteiger partial charge is 0.416 e. The van der Waals surface area contributed by atoms with Gasteiger partial charge in [-0.25, -0.2) is 0 Å². The van der Waals surface area contributed by atoms with Crippen LogP contribution < -0.4 is 0 Å². The van der Waals surface area contributed by atoms with E-state index in [0.29, 0.717) is 5.56 Å². The van der Waals surface area contributed by atoms with Gasteiger partial charge in [0.15, 0.2) is 0 Å². The molecule has 84 valence electrons. The van der Waals surface area contributed by atoms with Gasteiger partial charge in [0.25, 0.3) is 0 Å². The number of alkyl halides is 3. The lowest BCUT2D eigenvalue weighted by atomic mass is 9.91. The summed E-state index contributed by atoms with van der Waals surface area (Å²) in [6.07, 6.45) is -3.39. The second kappa shape index (κ2) is 4.25. The summed E-state index contributed by atoms with van der Waals surface area (Å²) in [5.41, 5.74) is 0.645. The fourth-order valence-corrected chi connectivity index (χ4v) is 1.71. The Morgan fingerprint density at radius 2 is 1.87 bits per heavy atom. The van der Waals surface area contributed by atoms with E-state index in [-0.39, 0.29) is 5.92 Å². The van der Waals surface area contributed by atoms with Crippen molar-refractivity contribution in [3.8, 4) is 0 Å². The third-order valence-corrected chi connectivity index (χ3v) is 2.82. The first-order valence-electron chi connectivity index (χ1n) is 5.04. The van der Waals surface area contributed by atoms with Crippen molar-refractivity contribution in [3.63, 3.8) is 0 Å². The highest BCUT2D eigenvalue weighted by atomic mass is 19.4. The van der Waals surface area contributed by atoms with E-state index in [1.165, 1.54) is 6.07 Å². The van der Waals surface area contributed by atoms with Crippen LogP contribution in [0.25, 0.3) is 0 Å². The number of benzene rings is 1. The molecule has 0 spiro atoms. The van der Waals surface area contributed by atoms with Crippen molar-refractivity contribution < 1.29 is 13.2 Å². The molecule has 1 unspecified atom stereocenters. The maximum atomic E-state index is 12.6. The molecule has 0 aliphatic carbocycles. The Hall–Kier alpha value is -0.990. The van der Waals surface area contributed by atoms with Gasteiger partial charge < -0.3 is 0 Å². The van der Waals surface area contributed by atoms with E-state index in [9.17, 15) is 13.2 Å². The van der Waals surface area contributed by atoms with Crippen molar-refractivity contribution in [2.24, 2.45) is 0 Å². The first-order chi connectivity index (χ1) is 6.88. The van der Waals surface area contributed by atoms with Crippen molar-refractivity contribution in [1.82, 2.24) is 0 Å². The molecule has 0 aromatic heterocycles. The molecule has 0 saturated heterocycles. The summed E-state index contributed by atoms with van der Waals surface area (Å²) in [6.45, 7) is 5.47. The average Bonchev–Trinajstić information content (AvgIpc) is 2.15. The summed E-state index contributed by atoms with van der Waals surface area (Å²) in [5, 5.41) is 0. The smallest absolute Gasteiger partial charge is 0.166 e. The molecule has 0 N–H and O–H groups in total. The summed E-state index contributed by atoms with van der Waals surface area (Å²) in [6, 6.07) is 4.40. The molecule has 0 aliphatic heterocycles. The van der Waals surface area contributed by atoms with Crippen molar-refractivity contribution in [2.75, 3.05) is 0 Å². The Bertz CT molecular complexity index is 339. The predicted octanol–water partition coefficient (Wildman–Crippen LogP) is 4.53. The molecule has 0 heterocycles. The maximum Gasteiger partial charge on any atom is 0.416 e. The van der Waals surface area contributed by atoms with Crippen molar-refractivity contribution >= 4 is 0 Å². The van der Waals surface area contributed by atoms with Gasteiger partial charge in [-0.05, 0) is 36.5 Å². The van der Waals surface area contributed by atoms with Crippen LogP contribution in [0.4, 0.5) is 13.2 Å². The van der Waals surface area contributed by atoms with E-state index in [1.54, 1.807) is 13.0 Å². The summed E-state index contributed by atoms with van der Waals surface area (Å²) < 4.78 is 37.8. The van der Waals surface area contributed by atoms with Crippen LogP contribution in [0.2, 0.25) is 0 Å². The quantitative estimate of drug-likeness (QED) is 0.681. The van der Waals surface area contributed by atoms with Crippen molar-refractivity contribution in [1.29, 1.82) is 0 Å². The SMILES string of the molecule is CCC(C)c1cccc(C(F)(F)F)c1C. The predicted molar refractivity (Wildman–Crippen MR) is 54.9 cm³/mol. The monoisotopic (exact) mass is 216 g/mol. The molecule has 1 rings (SSSR count). The van der Waals surface area contributed by atoms with Crippen LogP contribution >= 0.6 is 0 Å². The Morgan fingerprint density at radius 1 is 1.27 bits per heavy atom. The molecule has 0 aliphatic rings. The van der Waals surface area contributed by atoms with Gasteiger partial charge in [0.1, 0.15) is 0 Å². The minimum absolute atomic E-state index is 0.173. The zero-order valence-corrected chi connectivity index (χ0v) is 9.15. The van der Waals surface area contributed by atoms with Crippen LogP contribution in [0, 0.1) is 6.92 Å². The Labute approximate surface area is 88.1 Å². The van der Waals surface area contributed by atoms with Gasteiger partial charge in [0.2, 0.25) is 0 Å². The van der Waals surface area contributed by atoms with Gasteiger partial charge in [0, 0.05) is 0 Å². The van der Waals surface area contributed by atoms with E-state index in [2.05, 4.69) is 0 Å². The summed E-state index contributed by atoms with van der Waals surface area (Å²) >= 11 is 0. The number of halogens is 3. The van der Waals surface area contributed by atoms with Gasteiger partial charge in [-0.2, -0.15) is 13.2 Å². The first kappa shape index (κ1) is 12.1. The average molecular weight is 216 g/mol. The summed E-state index contributed by atoms with van der Waals surface area (Å²) in [4.78, 5) is 0. The first-order valence-corrected chi connectivity index (χ1v) is 5.04. The molecule has 0 bridgehead atoms. The van der Waals surface area contributed by atoms with Crippen molar-refractivity contribution in [2.45, 2.75) is 39.3 Å². The third-order valence-electron chi connectivity index (χ3n) is 2.82. The number of rotatable bonds is 2. The Kier molecular flexibility index (Phi) is 3.42. The highest BCUT2D eigenvalue weighted by Crippen LogP contribution is 2.35. The molecular weight excluding hydrogens is 201 g/mol. The number of hydrogen-bond donors (Lipinski definition) is 0. The van der Waals surface area contributed by atoms with E-state index >= 15 is 0 Å². The highest BCUT2D eigenvalue weighted by Gasteiger charge is 2.33. The second-order valence-corrected chi connectivity index (χ2v) is 3.83. The van der Waals surface area contributed by atoms with Crippen LogP contribution in [-0.4, -0.2) is 0 Å². The highest BCUT2D eigenvalue weighted by molar-refractivity contribution is 5.37. The van der Waals surface area contributed by atoms with Crippen LogP contribution in [-0.2, 0) is 6.18 Å². The molecule has 1 atom stereocenters. The molecule has 0 radical (unpaired) electrons. The lowest BCUT2D eigenvalue weighted by Gasteiger charge is -2.17. The lowest BCUT2D eigenvalue weighted by Crippen LogP contribution is -2.09. The van der Waals surface area contributed by atoms with Gasteiger partial charge in [0.05, 0.1) is 5.56 Å². The molecule has 3 heteroatoms. The molecular formula is C12H15F3. The molecule has 1 aromatic rings. The second-order valence-electron chi connectivity index (χ2n) is 3.83.